The molecular weight excluding hydrogens is 759 g/mol. The number of primary amides is 1. The second-order valence-electron chi connectivity index (χ2n) is 16.9. The summed E-state index contributed by atoms with van der Waals surface area (Å²) in [5.41, 5.74) is 8.05. The maximum atomic E-state index is 14.5. The first-order valence-corrected chi connectivity index (χ1v) is 20.4. The number of hydrogen-bond donors (Lipinski definition) is 4. The normalized spacial score (nSPS) is 18.2. The van der Waals surface area contributed by atoms with E-state index in [9.17, 15) is 24.0 Å². The summed E-state index contributed by atoms with van der Waals surface area (Å²) in [6.45, 7) is 6.26. The Balaban J connectivity index is 1.02. The molecule has 0 bridgehead atoms. The van der Waals surface area contributed by atoms with E-state index in [4.69, 9.17) is 10.5 Å². The quantitative estimate of drug-likeness (QED) is 0.111. The fraction of sp³-hybridized carbons (Fsp3) is 0.340. The standard InChI is InChI=1S/C47H53N7O6/c1-46(2,3)47(60-45(48)59,33-16-10-7-11-17-33)44(58)54-27-13-19-39(54)42(56)49-34-22-20-30(21-23-34)37-29-32-28-35(24-25-36(32)51-37)50-41(55)38-18-12-26-53(38)43(57)40(52(4)5)31-14-8-6-9-15-31/h6-11,14-17,20-25,28-29,38-40,51H,12-13,18-19,26-27H2,1-5H3,(H2,48,59)(H,49,56)(H,50,55)/t38-,39-,40+,47+/m0/s1. The van der Waals surface area contributed by atoms with Crippen molar-refractivity contribution < 1.29 is 28.7 Å². The Morgan fingerprint density at radius 1 is 0.750 bits per heavy atom. The van der Waals surface area contributed by atoms with E-state index in [0.29, 0.717) is 49.3 Å². The van der Waals surface area contributed by atoms with Gasteiger partial charge in [-0.2, -0.15) is 0 Å². The van der Waals surface area contributed by atoms with E-state index >= 15 is 0 Å². The molecule has 5 N–H and O–H groups in total. The largest absolute Gasteiger partial charge is 0.427 e. The number of fused-ring (bicyclic) bond motifs is 1. The first-order chi connectivity index (χ1) is 28.7. The van der Waals surface area contributed by atoms with Crippen molar-refractivity contribution in [3.8, 4) is 11.3 Å². The van der Waals surface area contributed by atoms with Gasteiger partial charge in [0.15, 0.2) is 0 Å². The maximum Gasteiger partial charge on any atom is 0.405 e. The molecule has 4 aromatic carbocycles. The van der Waals surface area contributed by atoms with Crippen LogP contribution in [0, 0.1) is 5.41 Å². The number of anilines is 2. The number of rotatable bonds is 11. The summed E-state index contributed by atoms with van der Waals surface area (Å²) in [6.07, 6.45) is 1.31. The molecule has 2 fully saturated rings. The van der Waals surface area contributed by atoms with Crippen LogP contribution >= 0.6 is 0 Å². The van der Waals surface area contributed by atoms with Crippen LogP contribution in [-0.2, 0) is 29.5 Å². The highest BCUT2D eigenvalue weighted by Crippen LogP contribution is 2.45. The van der Waals surface area contributed by atoms with Crippen LogP contribution < -0.4 is 16.4 Å². The number of aromatic amines is 1. The van der Waals surface area contributed by atoms with Crippen molar-refractivity contribution in [2.75, 3.05) is 37.8 Å². The predicted octanol–water partition coefficient (Wildman–Crippen LogP) is 7.03. The van der Waals surface area contributed by atoms with E-state index in [0.717, 1.165) is 34.1 Å². The number of nitrogens with one attached hydrogen (secondary N) is 3. The van der Waals surface area contributed by atoms with Crippen molar-refractivity contribution in [3.05, 3.63) is 120 Å². The second-order valence-corrected chi connectivity index (χ2v) is 16.9. The highest BCUT2D eigenvalue weighted by Gasteiger charge is 2.57. The van der Waals surface area contributed by atoms with Gasteiger partial charge in [0.25, 0.3) is 5.91 Å². The molecule has 4 atom stereocenters. The minimum atomic E-state index is -1.76. The molecule has 5 aromatic rings. The topological polar surface area (TPSA) is 170 Å². The Labute approximate surface area is 350 Å². The summed E-state index contributed by atoms with van der Waals surface area (Å²) in [6, 6.07) is 31.6. The van der Waals surface area contributed by atoms with Gasteiger partial charge < -0.3 is 35.9 Å². The third-order valence-electron chi connectivity index (χ3n) is 11.7. The average Bonchev–Trinajstić information content (AvgIpc) is 4.01. The van der Waals surface area contributed by atoms with Gasteiger partial charge in [-0.1, -0.05) is 93.6 Å². The van der Waals surface area contributed by atoms with Crippen LogP contribution in [0.4, 0.5) is 16.2 Å². The lowest BCUT2D eigenvalue weighted by Gasteiger charge is -2.45. The molecule has 60 heavy (non-hydrogen) atoms. The number of ether oxygens (including phenoxy) is 1. The lowest BCUT2D eigenvalue weighted by Crippen LogP contribution is -2.59. The van der Waals surface area contributed by atoms with Crippen LogP contribution in [-0.4, -0.2) is 88.7 Å². The highest BCUT2D eigenvalue weighted by molar-refractivity contribution is 6.01. The van der Waals surface area contributed by atoms with Gasteiger partial charge in [-0.15, -0.1) is 0 Å². The van der Waals surface area contributed by atoms with E-state index in [1.165, 1.54) is 4.90 Å². The van der Waals surface area contributed by atoms with E-state index in [1.807, 2.05) is 91.8 Å². The first kappa shape index (κ1) is 41.7. The van der Waals surface area contributed by atoms with Crippen LogP contribution in [0.1, 0.15) is 63.6 Å². The summed E-state index contributed by atoms with van der Waals surface area (Å²) in [4.78, 5) is 76.6. The van der Waals surface area contributed by atoms with Crippen molar-refractivity contribution in [3.63, 3.8) is 0 Å². The predicted molar refractivity (Wildman–Crippen MR) is 232 cm³/mol. The van der Waals surface area contributed by atoms with Gasteiger partial charge >= 0.3 is 6.09 Å². The minimum absolute atomic E-state index is 0.0890. The SMILES string of the molecule is CN(C)[C@@H](C(=O)N1CCC[C@H]1C(=O)Nc1ccc2[nH]c(-c3ccc(NC(=O)[C@@H]4CCCN4C(=O)[C@](OC(N)=O)(c4ccccc4)C(C)(C)C)cc3)cc2c1)c1ccccc1. The molecule has 312 valence electrons. The number of nitrogens with two attached hydrogens (primary N) is 1. The molecule has 3 heterocycles. The molecule has 1 aromatic heterocycles. The second kappa shape index (κ2) is 17.0. The molecule has 7 rings (SSSR count). The fourth-order valence-electron chi connectivity index (χ4n) is 8.75. The number of hydrogen-bond acceptors (Lipinski definition) is 7. The Morgan fingerprint density at radius 2 is 1.32 bits per heavy atom. The van der Waals surface area contributed by atoms with Crippen LogP contribution in [0.25, 0.3) is 22.2 Å². The molecule has 5 amide bonds. The molecule has 2 aliphatic rings. The molecule has 0 radical (unpaired) electrons. The summed E-state index contributed by atoms with van der Waals surface area (Å²) >= 11 is 0. The zero-order valence-electron chi connectivity index (χ0n) is 34.7. The summed E-state index contributed by atoms with van der Waals surface area (Å²) in [5.74, 6) is -1.15. The number of benzene rings is 4. The van der Waals surface area contributed by atoms with E-state index < -0.39 is 41.1 Å². The smallest absolute Gasteiger partial charge is 0.405 e. The number of carbonyl (C=O) groups excluding carboxylic acids is 5. The molecule has 13 heteroatoms. The zero-order valence-corrected chi connectivity index (χ0v) is 34.7. The molecular formula is C47H53N7O6. The molecule has 2 saturated heterocycles. The molecule has 0 aliphatic carbocycles. The maximum absolute atomic E-state index is 14.5. The van der Waals surface area contributed by atoms with Crippen molar-refractivity contribution in [2.24, 2.45) is 11.1 Å². The van der Waals surface area contributed by atoms with Crippen molar-refractivity contribution in [2.45, 2.75) is 70.2 Å². The number of H-pyrrole nitrogens is 1. The van der Waals surface area contributed by atoms with Crippen LogP contribution in [0.3, 0.4) is 0 Å². The van der Waals surface area contributed by atoms with Gasteiger partial charge in [0, 0.05) is 52.0 Å². The summed E-state index contributed by atoms with van der Waals surface area (Å²) < 4.78 is 5.75. The first-order valence-electron chi connectivity index (χ1n) is 20.4. The van der Waals surface area contributed by atoms with Gasteiger partial charge in [-0.25, -0.2) is 4.79 Å². The van der Waals surface area contributed by atoms with Gasteiger partial charge in [0.05, 0.1) is 0 Å². The van der Waals surface area contributed by atoms with Crippen LogP contribution in [0.2, 0.25) is 0 Å². The van der Waals surface area contributed by atoms with E-state index in [-0.39, 0.29) is 17.7 Å². The number of likely N-dealkylation sites (tertiary alicyclic amines) is 2. The zero-order chi connectivity index (χ0) is 42.8. The monoisotopic (exact) mass is 811 g/mol. The highest BCUT2D eigenvalue weighted by atomic mass is 16.6. The molecule has 0 unspecified atom stereocenters. The van der Waals surface area contributed by atoms with Crippen LogP contribution in [0.15, 0.2) is 109 Å². The molecule has 2 aliphatic heterocycles. The fourth-order valence-corrected chi connectivity index (χ4v) is 8.75. The summed E-state index contributed by atoms with van der Waals surface area (Å²) in [7, 11) is 3.75. The Hall–Kier alpha value is -6.47. The number of nitrogens with zero attached hydrogens (tertiary/aromatic N) is 3. The Kier molecular flexibility index (Phi) is 11.8. The van der Waals surface area contributed by atoms with Gasteiger partial charge in [0.2, 0.25) is 23.3 Å². The number of aromatic nitrogens is 1. The van der Waals surface area contributed by atoms with Crippen molar-refractivity contribution in [1.82, 2.24) is 19.7 Å². The molecule has 13 nitrogen and oxygen atoms in total. The van der Waals surface area contributed by atoms with E-state index in [2.05, 4.69) is 15.6 Å². The molecule has 0 spiro atoms. The number of amides is 5. The third kappa shape index (κ3) is 8.22. The average molecular weight is 812 g/mol. The Morgan fingerprint density at radius 3 is 1.92 bits per heavy atom. The van der Waals surface area contributed by atoms with Gasteiger partial charge in [-0.05, 0) is 87.3 Å². The van der Waals surface area contributed by atoms with E-state index in [1.54, 1.807) is 62.1 Å². The van der Waals surface area contributed by atoms with Gasteiger partial charge in [-0.3, -0.25) is 24.1 Å². The Bertz CT molecular complexity index is 2370. The van der Waals surface area contributed by atoms with Crippen molar-refractivity contribution in [1.29, 1.82) is 0 Å². The third-order valence-corrected chi connectivity index (χ3v) is 11.7. The lowest BCUT2D eigenvalue weighted by atomic mass is 9.70. The number of likely N-dealkylation sites (N-methyl/N-ethyl adjacent to an activating group) is 1. The van der Waals surface area contributed by atoms with Crippen LogP contribution in [0.5, 0.6) is 0 Å². The lowest BCUT2D eigenvalue weighted by molar-refractivity contribution is -0.168. The van der Waals surface area contributed by atoms with Gasteiger partial charge in [0.1, 0.15) is 18.1 Å². The summed E-state index contributed by atoms with van der Waals surface area (Å²) in [5, 5.41) is 6.93. The van der Waals surface area contributed by atoms with Crippen molar-refractivity contribution >= 4 is 52.0 Å². The molecule has 0 saturated carbocycles. The number of carbonyl (C=O) groups is 5. The minimum Gasteiger partial charge on any atom is -0.427 e.